The molecule has 0 spiro atoms. The van der Waals surface area contributed by atoms with Gasteiger partial charge in [0.15, 0.2) is 10.9 Å². The van der Waals surface area contributed by atoms with Gasteiger partial charge in [-0.2, -0.15) is 0 Å². The molecule has 0 fully saturated rings. The maximum absolute atomic E-state index is 12.3. The van der Waals surface area contributed by atoms with E-state index >= 15 is 0 Å². The summed E-state index contributed by atoms with van der Waals surface area (Å²) in [5.74, 6) is -0.502. The van der Waals surface area contributed by atoms with Crippen LogP contribution in [0.25, 0.3) is 0 Å². The SMILES string of the molecule is CCOc1ccc(C(=O)NC(=S)Nc2ccc(Br)cc2Cl)cc1[N+](=O)[O-]. The lowest BCUT2D eigenvalue weighted by Crippen LogP contribution is -2.34. The predicted molar refractivity (Wildman–Crippen MR) is 107 cm³/mol. The molecule has 0 unspecified atom stereocenters. The van der Waals surface area contributed by atoms with Crippen LogP contribution in [0.5, 0.6) is 5.75 Å². The van der Waals surface area contributed by atoms with Crippen LogP contribution in [0.4, 0.5) is 11.4 Å². The third-order valence-electron chi connectivity index (χ3n) is 3.12. The molecule has 26 heavy (non-hydrogen) atoms. The summed E-state index contributed by atoms with van der Waals surface area (Å²) in [6.45, 7) is 1.98. The van der Waals surface area contributed by atoms with Crippen molar-refractivity contribution in [1.29, 1.82) is 0 Å². The zero-order valence-corrected chi connectivity index (χ0v) is 16.6. The average molecular weight is 459 g/mol. The second-order valence-corrected chi connectivity index (χ2v) is 6.64. The molecule has 2 aromatic carbocycles. The molecular weight excluding hydrogens is 446 g/mol. The topological polar surface area (TPSA) is 93.5 Å². The second kappa shape index (κ2) is 8.93. The third-order valence-corrected chi connectivity index (χ3v) is 4.13. The summed E-state index contributed by atoms with van der Waals surface area (Å²) >= 11 is 14.4. The standard InChI is InChI=1S/C16H13BrClN3O4S/c1-2-25-14-6-3-9(7-13(14)21(23)24)15(22)20-16(26)19-12-5-4-10(17)8-11(12)18/h3-8H,2H2,1H3,(H2,19,20,22,26). The van der Waals surface area contributed by atoms with Crippen molar-refractivity contribution in [3.05, 3.63) is 61.6 Å². The number of rotatable bonds is 5. The molecule has 0 aliphatic heterocycles. The number of amides is 1. The molecule has 0 aliphatic carbocycles. The van der Waals surface area contributed by atoms with Gasteiger partial charge in [0.25, 0.3) is 5.91 Å². The molecule has 2 aromatic rings. The van der Waals surface area contributed by atoms with Crippen LogP contribution in [0.1, 0.15) is 17.3 Å². The van der Waals surface area contributed by atoms with Crippen LogP contribution in [-0.4, -0.2) is 22.5 Å². The average Bonchev–Trinajstić information content (AvgIpc) is 2.57. The van der Waals surface area contributed by atoms with Crippen molar-refractivity contribution in [1.82, 2.24) is 5.32 Å². The lowest BCUT2D eigenvalue weighted by molar-refractivity contribution is -0.385. The fourth-order valence-corrected chi connectivity index (χ4v) is 2.92. The molecule has 0 atom stereocenters. The summed E-state index contributed by atoms with van der Waals surface area (Å²) in [5, 5.41) is 16.8. The summed E-state index contributed by atoms with van der Waals surface area (Å²) in [7, 11) is 0. The number of hydrogen-bond donors (Lipinski definition) is 2. The molecule has 2 rings (SSSR count). The molecule has 0 saturated carbocycles. The highest BCUT2D eigenvalue weighted by Crippen LogP contribution is 2.28. The van der Waals surface area contributed by atoms with Crippen molar-refractivity contribution in [3.8, 4) is 5.75 Å². The quantitative estimate of drug-likeness (QED) is 0.388. The van der Waals surface area contributed by atoms with Gasteiger partial charge in [0.2, 0.25) is 0 Å². The molecule has 0 saturated heterocycles. The fourth-order valence-electron chi connectivity index (χ4n) is 2.00. The minimum atomic E-state index is -0.611. The smallest absolute Gasteiger partial charge is 0.311 e. The van der Waals surface area contributed by atoms with Gasteiger partial charge >= 0.3 is 5.69 Å². The van der Waals surface area contributed by atoms with Gasteiger partial charge in [-0.05, 0) is 49.5 Å². The minimum absolute atomic E-state index is 0.00996. The Balaban J connectivity index is 2.12. The van der Waals surface area contributed by atoms with E-state index < -0.39 is 10.8 Å². The first-order chi connectivity index (χ1) is 12.3. The molecule has 0 heterocycles. The first-order valence-corrected chi connectivity index (χ1v) is 8.88. The van der Waals surface area contributed by atoms with Gasteiger partial charge in [0, 0.05) is 16.1 Å². The van der Waals surface area contributed by atoms with Crippen LogP contribution in [0.3, 0.4) is 0 Å². The van der Waals surface area contributed by atoms with Gasteiger partial charge in [-0.15, -0.1) is 0 Å². The van der Waals surface area contributed by atoms with Crippen LogP contribution in [0.2, 0.25) is 5.02 Å². The number of thiocarbonyl (C=S) groups is 1. The number of nitrogens with one attached hydrogen (secondary N) is 2. The summed E-state index contributed by atoms with van der Waals surface area (Å²) in [6.07, 6.45) is 0. The monoisotopic (exact) mass is 457 g/mol. The molecule has 1 amide bonds. The van der Waals surface area contributed by atoms with Gasteiger partial charge in [0.05, 0.1) is 22.2 Å². The van der Waals surface area contributed by atoms with Crippen molar-refractivity contribution in [3.63, 3.8) is 0 Å². The molecule has 0 aromatic heterocycles. The number of carbonyl (C=O) groups is 1. The van der Waals surface area contributed by atoms with Crippen molar-refractivity contribution >= 4 is 62.1 Å². The maximum Gasteiger partial charge on any atom is 0.311 e. The second-order valence-electron chi connectivity index (χ2n) is 4.91. The molecule has 0 aliphatic rings. The van der Waals surface area contributed by atoms with Crippen LogP contribution in [0, 0.1) is 10.1 Å². The maximum atomic E-state index is 12.3. The highest BCUT2D eigenvalue weighted by Gasteiger charge is 2.19. The van der Waals surface area contributed by atoms with Crippen LogP contribution >= 0.6 is 39.7 Å². The Labute approximate surface area is 168 Å². The number of hydrogen-bond acceptors (Lipinski definition) is 5. The van der Waals surface area contributed by atoms with E-state index in [0.29, 0.717) is 10.7 Å². The number of carbonyl (C=O) groups excluding carboxylic acids is 1. The van der Waals surface area contributed by atoms with E-state index in [4.69, 9.17) is 28.6 Å². The largest absolute Gasteiger partial charge is 0.487 e. The minimum Gasteiger partial charge on any atom is -0.487 e. The third kappa shape index (κ3) is 5.13. The number of nitrogens with zero attached hydrogens (tertiary/aromatic N) is 1. The van der Waals surface area contributed by atoms with Crippen molar-refractivity contribution in [2.75, 3.05) is 11.9 Å². The molecule has 10 heteroatoms. The molecule has 7 nitrogen and oxygen atoms in total. The van der Waals surface area contributed by atoms with E-state index in [1.807, 2.05) is 0 Å². The lowest BCUT2D eigenvalue weighted by atomic mass is 10.1. The number of ether oxygens (including phenoxy) is 1. The molecule has 0 bridgehead atoms. The van der Waals surface area contributed by atoms with E-state index in [0.717, 1.165) is 10.5 Å². The van der Waals surface area contributed by atoms with Gasteiger partial charge in [0.1, 0.15) is 0 Å². The predicted octanol–water partition coefficient (Wildman–Crippen LogP) is 4.54. The molecule has 0 radical (unpaired) electrons. The van der Waals surface area contributed by atoms with E-state index in [2.05, 4.69) is 26.6 Å². The Morgan fingerprint density at radius 2 is 2.08 bits per heavy atom. The Kier molecular flexibility index (Phi) is 6.90. The summed E-state index contributed by atoms with van der Waals surface area (Å²) in [6, 6.07) is 9.04. The summed E-state index contributed by atoms with van der Waals surface area (Å²) < 4.78 is 5.98. The first-order valence-electron chi connectivity index (χ1n) is 7.30. The van der Waals surface area contributed by atoms with Crippen molar-refractivity contribution < 1.29 is 14.5 Å². The highest BCUT2D eigenvalue weighted by atomic mass is 79.9. The summed E-state index contributed by atoms with van der Waals surface area (Å²) in [4.78, 5) is 22.8. The number of nitro benzene ring substituents is 1. The zero-order valence-electron chi connectivity index (χ0n) is 13.4. The molecule has 136 valence electrons. The number of halogens is 2. The Morgan fingerprint density at radius 1 is 1.35 bits per heavy atom. The van der Waals surface area contributed by atoms with Gasteiger partial charge in [-0.1, -0.05) is 27.5 Å². The highest BCUT2D eigenvalue weighted by molar-refractivity contribution is 9.10. The normalized spacial score (nSPS) is 10.1. The van der Waals surface area contributed by atoms with Crippen LogP contribution in [0.15, 0.2) is 40.9 Å². The Morgan fingerprint density at radius 3 is 2.69 bits per heavy atom. The molecule has 2 N–H and O–H groups in total. The van der Waals surface area contributed by atoms with Gasteiger partial charge < -0.3 is 10.1 Å². The fraction of sp³-hybridized carbons (Fsp3) is 0.125. The Bertz CT molecular complexity index is 879. The molecular formula is C16H13BrClN3O4S. The van der Waals surface area contributed by atoms with E-state index in [1.54, 1.807) is 25.1 Å². The zero-order chi connectivity index (χ0) is 19.3. The summed E-state index contributed by atoms with van der Waals surface area (Å²) in [5.41, 5.74) is 0.290. The van der Waals surface area contributed by atoms with Gasteiger partial charge in [-0.25, -0.2) is 0 Å². The van der Waals surface area contributed by atoms with Crippen molar-refractivity contribution in [2.45, 2.75) is 6.92 Å². The Hall–Kier alpha value is -2.23. The van der Waals surface area contributed by atoms with Crippen LogP contribution < -0.4 is 15.4 Å². The van der Waals surface area contributed by atoms with Gasteiger partial charge in [-0.3, -0.25) is 20.2 Å². The number of benzene rings is 2. The van der Waals surface area contributed by atoms with E-state index in [1.165, 1.54) is 12.1 Å². The van der Waals surface area contributed by atoms with Crippen molar-refractivity contribution in [2.24, 2.45) is 0 Å². The lowest BCUT2D eigenvalue weighted by Gasteiger charge is -2.11. The van der Waals surface area contributed by atoms with Crippen LogP contribution in [-0.2, 0) is 0 Å². The number of nitro groups is 1. The first kappa shape index (κ1) is 20.1. The number of anilines is 1. The van der Waals surface area contributed by atoms with E-state index in [-0.39, 0.29) is 28.7 Å². The van der Waals surface area contributed by atoms with E-state index in [9.17, 15) is 14.9 Å².